The molecule has 1 nitrogen and oxygen atoms in total. The van der Waals surface area contributed by atoms with Crippen molar-refractivity contribution in [3.8, 4) is 0 Å². The highest BCUT2D eigenvalue weighted by Crippen LogP contribution is 2.19. The second kappa shape index (κ2) is 5.59. The highest BCUT2D eigenvalue weighted by atomic mass is 35.5. The third kappa shape index (κ3) is 4.32. The van der Waals surface area contributed by atoms with E-state index in [2.05, 4.69) is 19.0 Å². The molecule has 0 aliphatic heterocycles. The summed E-state index contributed by atoms with van der Waals surface area (Å²) in [7, 11) is 4.15. The van der Waals surface area contributed by atoms with Gasteiger partial charge in [0, 0.05) is 10.0 Å². The van der Waals surface area contributed by atoms with E-state index in [1.807, 2.05) is 12.1 Å². The van der Waals surface area contributed by atoms with Gasteiger partial charge in [0.25, 0.3) is 0 Å². The number of aryl methyl sites for hydroxylation is 1. The molecule has 0 heterocycles. The van der Waals surface area contributed by atoms with Crippen LogP contribution in [0.5, 0.6) is 0 Å². The maximum absolute atomic E-state index is 5.90. The normalized spacial score (nSPS) is 10.9. The maximum atomic E-state index is 5.90. The summed E-state index contributed by atoms with van der Waals surface area (Å²) in [4.78, 5) is 2.17. The number of benzene rings is 1. The van der Waals surface area contributed by atoms with Crippen LogP contribution in [0.3, 0.4) is 0 Å². The lowest BCUT2D eigenvalue weighted by Crippen LogP contribution is -2.13. The van der Waals surface area contributed by atoms with Gasteiger partial charge in [-0.1, -0.05) is 23.2 Å². The van der Waals surface area contributed by atoms with E-state index in [1.54, 1.807) is 6.07 Å². The molecular weight excluding hydrogens is 217 g/mol. The van der Waals surface area contributed by atoms with E-state index in [0.717, 1.165) is 29.4 Å². The molecule has 78 valence electrons. The molecule has 0 aliphatic carbocycles. The molecule has 1 aromatic carbocycles. The minimum absolute atomic E-state index is 0.720. The first kappa shape index (κ1) is 11.8. The van der Waals surface area contributed by atoms with Gasteiger partial charge in [0.2, 0.25) is 0 Å². The Hall–Kier alpha value is -0.240. The number of rotatable bonds is 4. The molecule has 0 atom stereocenters. The molecule has 0 aliphatic rings. The van der Waals surface area contributed by atoms with Gasteiger partial charge >= 0.3 is 0 Å². The first-order valence-electron chi connectivity index (χ1n) is 4.67. The van der Waals surface area contributed by atoms with Crippen LogP contribution in [-0.2, 0) is 6.42 Å². The fourth-order valence-corrected chi connectivity index (χ4v) is 1.93. The van der Waals surface area contributed by atoms with E-state index in [9.17, 15) is 0 Å². The molecule has 0 bridgehead atoms. The van der Waals surface area contributed by atoms with Gasteiger partial charge in [-0.15, -0.1) is 0 Å². The van der Waals surface area contributed by atoms with Crippen LogP contribution < -0.4 is 0 Å². The minimum atomic E-state index is 0.720. The number of nitrogens with zero attached hydrogens (tertiary/aromatic N) is 1. The van der Waals surface area contributed by atoms with Crippen molar-refractivity contribution in [2.75, 3.05) is 20.6 Å². The molecule has 0 spiro atoms. The zero-order valence-corrected chi connectivity index (χ0v) is 10.1. The van der Waals surface area contributed by atoms with Crippen molar-refractivity contribution in [3.63, 3.8) is 0 Å². The zero-order valence-electron chi connectivity index (χ0n) is 8.56. The summed E-state index contributed by atoms with van der Waals surface area (Å²) in [6, 6.07) is 5.71. The van der Waals surface area contributed by atoms with Crippen molar-refractivity contribution in [1.29, 1.82) is 0 Å². The first-order chi connectivity index (χ1) is 6.58. The monoisotopic (exact) mass is 231 g/mol. The van der Waals surface area contributed by atoms with Crippen LogP contribution in [0.1, 0.15) is 12.0 Å². The summed E-state index contributed by atoms with van der Waals surface area (Å²) in [6.07, 6.45) is 2.15. The Morgan fingerprint density at radius 2 is 1.64 bits per heavy atom. The van der Waals surface area contributed by atoms with E-state index in [-0.39, 0.29) is 0 Å². The van der Waals surface area contributed by atoms with Crippen LogP contribution in [-0.4, -0.2) is 25.5 Å². The highest BCUT2D eigenvalue weighted by Gasteiger charge is 1.98. The molecule has 1 aromatic rings. The predicted octanol–water partition coefficient (Wildman–Crippen LogP) is 3.49. The number of halogens is 2. The van der Waals surface area contributed by atoms with Crippen molar-refractivity contribution in [2.45, 2.75) is 12.8 Å². The van der Waals surface area contributed by atoms with E-state index >= 15 is 0 Å². The van der Waals surface area contributed by atoms with E-state index in [4.69, 9.17) is 23.2 Å². The molecule has 0 saturated heterocycles. The molecular formula is C11H15Cl2N. The quantitative estimate of drug-likeness (QED) is 0.768. The SMILES string of the molecule is CN(C)CCCc1cc(Cl)cc(Cl)c1. The smallest absolute Gasteiger partial charge is 0.0423 e. The van der Waals surface area contributed by atoms with Gasteiger partial charge in [-0.05, 0) is 57.2 Å². The molecule has 0 fully saturated rings. The summed E-state index contributed by atoms with van der Waals surface area (Å²) in [5, 5.41) is 1.44. The van der Waals surface area contributed by atoms with E-state index < -0.39 is 0 Å². The van der Waals surface area contributed by atoms with Crippen molar-refractivity contribution in [1.82, 2.24) is 4.90 Å². The lowest BCUT2D eigenvalue weighted by Gasteiger charge is -2.09. The molecule has 0 saturated carbocycles. The van der Waals surface area contributed by atoms with E-state index in [1.165, 1.54) is 5.56 Å². The van der Waals surface area contributed by atoms with Crippen LogP contribution in [0.4, 0.5) is 0 Å². The molecule has 0 aromatic heterocycles. The Morgan fingerprint density at radius 1 is 1.07 bits per heavy atom. The van der Waals surface area contributed by atoms with Crippen LogP contribution in [0, 0.1) is 0 Å². The van der Waals surface area contributed by atoms with Gasteiger partial charge in [0.05, 0.1) is 0 Å². The Morgan fingerprint density at radius 3 is 2.14 bits per heavy atom. The van der Waals surface area contributed by atoms with Gasteiger partial charge in [0.15, 0.2) is 0 Å². The lowest BCUT2D eigenvalue weighted by molar-refractivity contribution is 0.400. The van der Waals surface area contributed by atoms with Crippen molar-refractivity contribution >= 4 is 23.2 Å². The molecule has 3 heteroatoms. The Bertz CT molecular complexity index is 277. The van der Waals surface area contributed by atoms with Gasteiger partial charge < -0.3 is 4.90 Å². The summed E-state index contributed by atoms with van der Waals surface area (Å²) in [6.45, 7) is 1.09. The largest absolute Gasteiger partial charge is 0.309 e. The van der Waals surface area contributed by atoms with Crippen molar-refractivity contribution in [3.05, 3.63) is 33.8 Å². The zero-order chi connectivity index (χ0) is 10.6. The molecule has 0 N–H and O–H groups in total. The predicted molar refractivity (Wildman–Crippen MR) is 63.3 cm³/mol. The fourth-order valence-electron chi connectivity index (χ4n) is 1.35. The van der Waals surface area contributed by atoms with Crippen molar-refractivity contribution in [2.24, 2.45) is 0 Å². The maximum Gasteiger partial charge on any atom is 0.0423 e. The number of hydrogen-bond donors (Lipinski definition) is 0. The standard InChI is InChI=1S/C11H15Cl2N/c1-14(2)5-3-4-9-6-10(12)8-11(13)7-9/h6-8H,3-5H2,1-2H3. The molecule has 14 heavy (non-hydrogen) atoms. The van der Waals surface area contributed by atoms with Crippen LogP contribution in [0.25, 0.3) is 0 Å². The van der Waals surface area contributed by atoms with Gasteiger partial charge in [-0.2, -0.15) is 0 Å². The van der Waals surface area contributed by atoms with Gasteiger partial charge in [-0.3, -0.25) is 0 Å². The van der Waals surface area contributed by atoms with E-state index in [0.29, 0.717) is 0 Å². The average Bonchev–Trinajstić information content (AvgIpc) is 2.01. The highest BCUT2D eigenvalue weighted by molar-refractivity contribution is 6.34. The third-order valence-corrected chi connectivity index (χ3v) is 2.43. The molecule has 0 radical (unpaired) electrons. The van der Waals surface area contributed by atoms with Crippen molar-refractivity contribution < 1.29 is 0 Å². The van der Waals surface area contributed by atoms with Crippen LogP contribution in [0.2, 0.25) is 10.0 Å². The number of hydrogen-bond acceptors (Lipinski definition) is 1. The van der Waals surface area contributed by atoms with Crippen LogP contribution >= 0.6 is 23.2 Å². The van der Waals surface area contributed by atoms with Crippen LogP contribution in [0.15, 0.2) is 18.2 Å². The summed E-state index contributed by atoms with van der Waals surface area (Å²) >= 11 is 11.8. The van der Waals surface area contributed by atoms with Gasteiger partial charge in [0.1, 0.15) is 0 Å². The Labute approximate surface area is 95.6 Å². The molecule has 0 unspecified atom stereocenters. The topological polar surface area (TPSA) is 3.24 Å². The molecule has 0 amide bonds. The Balaban J connectivity index is 2.50. The summed E-state index contributed by atoms with van der Waals surface area (Å²) in [5.74, 6) is 0. The molecule has 1 rings (SSSR count). The van der Waals surface area contributed by atoms with Gasteiger partial charge in [-0.25, -0.2) is 0 Å². The lowest BCUT2D eigenvalue weighted by atomic mass is 10.1. The first-order valence-corrected chi connectivity index (χ1v) is 5.43. The Kier molecular flexibility index (Phi) is 4.73. The summed E-state index contributed by atoms with van der Waals surface area (Å²) in [5.41, 5.74) is 1.21. The second-order valence-corrected chi connectivity index (χ2v) is 4.56. The average molecular weight is 232 g/mol. The fraction of sp³-hybridized carbons (Fsp3) is 0.455. The second-order valence-electron chi connectivity index (χ2n) is 3.68. The summed E-state index contributed by atoms with van der Waals surface area (Å²) < 4.78 is 0. The third-order valence-electron chi connectivity index (χ3n) is 1.99. The minimum Gasteiger partial charge on any atom is -0.309 e.